The van der Waals surface area contributed by atoms with Gasteiger partial charge in [0.25, 0.3) is 5.91 Å². The minimum Gasteiger partial charge on any atom is -0.339 e. The van der Waals surface area contributed by atoms with Crippen LogP contribution in [0.4, 0.5) is 0 Å². The van der Waals surface area contributed by atoms with Crippen molar-refractivity contribution in [1.82, 2.24) is 14.7 Å². The van der Waals surface area contributed by atoms with Gasteiger partial charge in [0.1, 0.15) is 5.01 Å². The molecule has 1 aromatic carbocycles. The molecule has 0 spiro atoms. The number of likely N-dealkylation sites (tertiary alicyclic amines) is 1. The Hall–Kier alpha value is -1.95. The van der Waals surface area contributed by atoms with Crippen molar-refractivity contribution in [2.75, 3.05) is 13.1 Å². The molecule has 1 amide bonds. The molecule has 0 aliphatic carbocycles. The topological polar surface area (TPSA) is 55.2 Å². The van der Waals surface area contributed by atoms with Gasteiger partial charge in [0.15, 0.2) is 0 Å². The summed E-state index contributed by atoms with van der Waals surface area (Å²) < 4.78 is 1.45. The lowest BCUT2D eigenvalue weighted by Crippen LogP contribution is -2.35. The minimum atomic E-state index is -0.0646. The number of aryl methyl sites for hydroxylation is 1. The van der Waals surface area contributed by atoms with Crippen LogP contribution in [0.3, 0.4) is 0 Å². The zero-order chi connectivity index (χ0) is 15.5. The van der Waals surface area contributed by atoms with Crippen LogP contribution in [0.2, 0.25) is 0 Å². The number of carbonyl (C=O) groups is 1. The largest absolute Gasteiger partial charge is 0.339 e. The Kier molecular flexibility index (Phi) is 4.38. The number of hydrogen-bond donors (Lipinski definition) is 0. The van der Waals surface area contributed by atoms with E-state index in [9.17, 15) is 9.59 Å². The molecule has 116 valence electrons. The lowest BCUT2D eigenvalue weighted by atomic mass is 10.1. The van der Waals surface area contributed by atoms with Crippen molar-refractivity contribution < 1.29 is 4.79 Å². The molecular weight excluding hydrogens is 298 g/mol. The highest BCUT2D eigenvalue weighted by Crippen LogP contribution is 2.14. The van der Waals surface area contributed by atoms with Gasteiger partial charge in [0.05, 0.1) is 6.54 Å². The summed E-state index contributed by atoms with van der Waals surface area (Å²) in [4.78, 5) is 26.1. The molecule has 0 unspecified atom stereocenters. The van der Waals surface area contributed by atoms with Gasteiger partial charge < -0.3 is 4.90 Å². The fourth-order valence-electron chi connectivity index (χ4n) is 2.77. The van der Waals surface area contributed by atoms with E-state index in [1.165, 1.54) is 11.1 Å². The maximum absolute atomic E-state index is 12.5. The summed E-state index contributed by atoms with van der Waals surface area (Å²) in [6.07, 6.45) is 3.37. The van der Waals surface area contributed by atoms with E-state index < -0.39 is 0 Å². The Balaban J connectivity index is 1.78. The van der Waals surface area contributed by atoms with E-state index in [-0.39, 0.29) is 10.8 Å². The highest BCUT2D eigenvalue weighted by Gasteiger charge is 2.18. The number of amides is 1. The molecular formula is C16H19N3O2S. The SMILES string of the molecule is Cc1nn(Cc2cccc(C(=O)N3CCCCC3)c2)c(=O)s1. The first-order valence-corrected chi connectivity index (χ1v) is 8.38. The maximum atomic E-state index is 12.5. The van der Waals surface area contributed by atoms with Gasteiger partial charge in [-0.25, -0.2) is 4.68 Å². The second kappa shape index (κ2) is 6.44. The normalized spacial score (nSPS) is 15.0. The van der Waals surface area contributed by atoms with Crippen molar-refractivity contribution in [3.05, 3.63) is 50.1 Å². The van der Waals surface area contributed by atoms with Crippen LogP contribution >= 0.6 is 11.3 Å². The van der Waals surface area contributed by atoms with Crippen LogP contribution in [-0.4, -0.2) is 33.7 Å². The summed E-state index contributed by atoms with van der Waals surface area (Å²) in [5, 5.41) is 4.95. The first kappa shape index (κ1) is 15.0. The molecule has 1 aromatic heterocycles. The maximum Gasteiger partial charge on any atom is 0.325 e. The first-order valence-electron chi connectivity index (χ1n) is 7.56. The monoisotopic (exact) mass is 317 g/mol. The summed E-state index contributed by atoms with van der Waals surface area (Å²) in [5.41, 5.74) is 1.62. The molecule has 0 saturated carbocycles. The predicted octanol–water partition coefficient (Wildman–Crippen LogP) is 2.29. The minimum absolute atomic E-state index is 0.0646. The smallest absolute Gasteiger partial charge is 0.325 e. The van der Waals surface area contributed by atoms with E-state index in [1.807, 2.05) is 36.1 Å². The van der Waals surface area contributed by atoms with Gasteiger partial charge in [0, 0.05) is 18.7 Å². The summed E-state index contributed by atoms with van der Waals surface area (Å²) in [7, 11) is 0. The number of piperidine rings is 1. The number of nitrogens with zero attached hydrogens (tertiary/aromatic N) is 3. The standard InChI is InChI=1S/C16H19N3O2S/c1-12-17-19(16(21)22-12)11-13-6-5-7-14(10-13)15(20)18-8-3-2-4-9-18/h5-7,10H,2-4,8-9,11H2,1H3. The van der Waals surface area contributed by atoms with Crippen molar-refractivity contribution in [2.45, 2.75) is 32.7 Å². The first-order chi connectivity index (χ1) is 10.6. The molecule has 2 heterocycles. The van der Waals surface area contributed by atoms with E-state index in [0.717, 1.165) is 47.8 Å². The second-order valence-corrected chi connectivity index (χ2v) is 6.74. The molecule has 5 nitrogen and oxygen atoms in total. The van der Waals surface area contributed by atoms with Crippen LogP contribution < -0.4 is 4.87 Å². The van der Waals surface area contributed by atoms with Crippen LogP contribution in [0.1, 0.15) is 40.2 Å². The van der Waals surface area contributed by atoms with Gasteiger partial charge in [-0.3, -0.25) is 9.59 Å². The molecule has 0 atom stereocenters. The zero-order valence-corrected chi connectivity index (χ0v) is 13.4. The van der Waals surface area contributed by atoms with Crippen LogP contribution in [0, 0.1) is 6.92 Å². The summed E-state index contributed by atoms with van der Waals surface area (Å²) in [6, 6.07) is 7.51. The molecule has 1 aliphatic heterocycles. The number of carbonyl (C=O) groups excluding carboxylic acids is 1. The number of aromatic nitrogens is 2. The van der Waals surface area contributed by atoms with E-state index in [0.29, 0.717) is 12.1 Å². The van der Waals surface area contributed by atoms with Crippen LogP contribution in [-0.2, 0) is 6.54 Å². The second-order valence-electron chi connectivity index (χ2n) is 5.60. The Morgan fingerprint density at radius 1 is 1.27 bits per heavy atom. The number of rotatable bonds is 3. The van der Waals surface area contributed by atoms with Gasteiger partial charge in [-0.15, -0.1) is 0 Å². The molecule has 2 aromatic rings. The molecule has 0 N–H and O–H groups in total. The van der Waals surface area contributed by atoms with Crippen LogP contribution in [0.5, 0.6) is 0 Å². The summed E-state index contributed by atoms with van der Waals surface area (Å²) in [5.74, 6) is 0.0864. The van der Waals surface area contributed by atoms with Gasteiger partial charge in [-0.05, 0) is 43.9 Å². The van der Waals surface area contributed by atoms with Crippen molar-refractivity contribution >= 4 is 17.2 Å². The molecule has 0 radical (unpaired) electrons. The molecule has 3 rings (SSSR count). The fourth-order valence-corrected chi connectivity index (χ4v) is 3.37. The Morgan fingerprint density at radius 2 is 2.05 bits per heavy atom. The fraction of sp³-hybridized carbons (Fsp3) is 0.438. The molecule has 22 heavy (non-hydrogen) atoms. The molecule has 1 saturated heterocycles. The van der Waals surface area contributed by atoms with Crippen molar-refractivity contribution in [2.24, 2.45) is 0 Å². The quantitative estimate of drug-likeness (QED) is 0.873. The van der Waals surface area contributed by atoms with Gasteiger partial charge >= 0.3 is 4.87 Å². The van der Waals surface area contributed by atoms with E-state index in [4.69, 9.17) is 0 Å². The molecule has 0 bridgehead atoms. The van der Waals surface area contributed by atoms with Crippen LogP contribution in [0.25, 0.3) is 0 Å². The van der Waals surface area contributed by atoms with Crippen molar-refractivity contribution in [3.8, 4) is 0 Å². The molecule has 1 fully saturated rings. The average molecular weight is 317 g/mol. The van der Waals surface area contributed by atoms with E-state index >= 15 is 0 Å². The van der Waals surface area contributed by atoms with Gasteiger partial charge in [0.2, 0.25) is 0 Å². The van der Waals surface area contributed by atoms with Crippen molar-refractivity contribution in [1.29, 1.82) is 0 Å². The van der Waals surface area contributed by atoms with Crippen LogP contribution in [0.15, 0.2) is 29.1 Å². The van der Waals surface area contributed by atoms with Gasteiger partial charge in [-0.2, -0.15) is 5.10 Å². The lowest BCUT2D eigenvalue weighted by Gasteiger charge is -2.26. The Labute approximate surface area is 133 Å². The van der Waals surface area contributed by atoms with Crippen molar-refractivity contribution in [3.63, 3.8) is 0 Å². The predicted molar refractivity (Wildman–Crippen MR) is 86.4 cm³/mol. The van der Waals surface area contributed by atoms with E-state index in [2.05, 4.69) is 5.10 Å². The highest BCUT2D eigenvalue weighted by atomic mass is 32.1. The summed E-state index contributed by atoms with van der Waals surface area (Å²) >= 11 is 1.14. The highest BCUT2D eigenvalue weighted by molar-refractivity contribution is 7.08. The number of hydrogen-bond acceptors (Lipinski definition) is 4. The third-order valence-electron chi connectivity index (χ3n) is 3.86. The third-order valence-corrected chi connectivity index (χ3v) is 4.62. The number of benzene rings is 1. The van der Waals surface area contributed by atoms with E-state index in [1.54, 1.807) is 0 Å². The third kappa shape index (κ3) is 3.27. The molecule has 1 aliphatic rings. The zero-order valence-electron chi connectivity index (χ0n) is 12.6. The summed E-state index contributed by atoms with van der Waals surface area (Å²) in [6.45, 7) is 3.91. The molecule has 6 heteroatoms. The Bertz CT molecular complexity index is 729. The Morgan fingerprint density at radius 3 is 2.73 bits per heavy atom. The van der Waals surface area contributed by atoms with Gasteiger partial charge in [-0.1, -0.05) is 23.5 Å². The lowest BCUT2D eigenvalue weighted by molar-refractivity contribution is 0.0724. The average Bonchev–Trinajstić information content (AvgIpc) is 2.85.